The van der Waals surface area contributed by atoms with Crippen LogP contribution in [-0.2, 0) is 6.42 Å². The summed E-state index contributed by atoms with van der Waals surface area (Å²) in [5.74, 6) is -0.290. The van der Waals surface area contributed by atoms with E-state index < -0.39 is 0 Å². The molecular weight excluding hydrogens is 205 g/mol. The van der Waals surface area contributed by atoms with Gasteiger partial charge in [-0.25, -0.2) is 4.39 Å². The number of benzene rings is 1. The van der Waals surface area contributed by atoms with Gasteiger partial charge >= 0.3 is 0 Å². The van der Waals surface area contributed by atoms with Crippen LogP contribution >= 0.6 is 0 Å². The van der Waals surface area contributed by atoms with Crippen LogP contribution in [0, 0.1) is 5.82 Å². The lowest BCUT2D eigenvalue weighted by Gasteiger charge is -2.13. The highest BCUT2D eigenvalue weighted by Crippen LogP contribution is 2.21. The van der Waals surface area contributed by atoms with Gasteiger partial charge in [-0.15, -0.1) is 0 Å². The fourth-order valence-electron chi connectivity index (χ4n) is 1.90. The fourth-order valence-corrected chi connectivity index (χ4v) is 1.90. The number of hydrogen-bond donors (Lipinski definition) is 1. The third-order valence-corrected chi connectivity index (χ3v) is 2.98. The van der Waals surface area contributed by atoms with Crippen LogP contribution in [0.4, 0.5) is 4.39 Å². The molecule has 0 spiro atoms. The number of likely N-dealkylation sites (N-methyl/N-ethyl adjacent to an activating group) is 1. The number of hydrogen-bond acceptors (Lipinski definition) is 2. The Morgan fingerprint density at radius 1 is 1.44 bits per heavy atom. The molecule has 0 radical (unpaired) electrons. The lowest BCUT2D eigenvalue weighted by molar-refractivity contribution is 0.542. The molecule has 2 rings (SSSR count). The van der Waals surface area contributed by atoms with Crippen LogP contribution in [0.1, 0.15) is 18.9 Å². The highest BCUT2D eigenvalue weighted by Gasteiger charge is 2.08. The zero-order valence-corrected chi connectivity index (χ0v) is 9.59. The van der Waals surface area contributed by atoms with Gasteiger partial charge in [-0.3, -0.25) is 0 Å². The molecule has 3 heteroatoms. The molecule has 1 aromatic heterocycles. The third kappa shape index (κ3) is 2.09. The van der Waals surface area contributed by atoms with Gasteiger partial charge in [-0.05, 0) is 37.6 Å². The van der Waals surface area contributed by atoms with Crippen molar-refractivity contribution in [3.8, 4) is 0 Å². The average Bonchev–Trinajstić information content (AvgIpc) is 2.68. The maximum atomic E-state index is 13.2. The molecule has 2 aromatic rings. The zero-order chi connectivity index (χ0) is 11.5. The van der Waals surface area contributed by atoms with E-state index in [1.165, 1.54) is 5.56 Å². The molecule has 16 heavy (non-hydrogen) atoms. The Kier molecular flexibility index (Phi) is 3.25. The van der Waals surface area contributed by atoms with E-state index in [0.717, 1.165) is 19.1 Å². The molecule has 1 N–H and O–H groups in total. The van der Waals surface area contributed by atoms with Crippen LogP contribution in [0.5, 0.6) is 0 Å². The molecule has 0 aliphatic rings. The Bertz CT molecular complexity index is 474. The zero-order valence-electron chi connectivity index (χ0n) is 9.59. The second kappa shape index (κ2) is 4.66. The largest absolute Gasteiger partial charge is 0.461 e. The van der Waals surface area contributed by atoms with Gasteiger partial charge in [-0.1, -0.05) is 13.0 Å². The number of nitrogens with one attached hydrogen (secondary N) is 1. The van der Waals surface area contributed by atoms with Crippen molar-refractivity contribution < 1.29 is 8.81 Å². The van der Waals surface area contributed by atoms with Crippen molar-refractivity contribution in [2.24, 2.45) is 0 Å². The molecule has 0 aliphatic heterocycles. The van der Waals surface area contributed by atoms with Gasteiger partial charge in [0.15, 0.2) is 5.82 Å². The highest BCUT2D eigenvalue weighted by atomic mass is 19.1. The number of rotatable bonds is 4. The summed E-state index contributed by atoms with van der Waals surface area (Å²) in [6.45, 7) is 2.15. The van der Waals surface area contributed by atoms with Crippen molar-refractivity contribution >= 4 is 11.0 Å². The Morgan fingerprint density at radius 2 is 2.25 bits per heavy atom. The molecule has 0 fully saturated rings. The normalized spacial score (nSPS) is 13.2. The summed E-state index contributed by atoms with van der Waals surface area (Å²) in [7, 11) is 1.96. The molecule has 0 unspecified atom stereocenters. The van der Waals surface area contributed by atoms with Crippen molar-refractivity contribution in [2.45, 2.75) is 25.8 Å². The Labute approximate surface area is 94.4 Å². The van der Waals surface area contributed by atoms with Gasteiger partial charge in [0.2, 0.25) is 0 Å². The minimum Gasteiger partial charge on any atom is -0.461 e. The summed E-state index contributed by atoms with van der Waals surface area (Å²) in [4.78, 5) is 0. The molecule has 1 aromatic carbocycles. The standard InChI is InChI=1S/C13H16FNO/c1-3-10(15-2)6-9-4-5-11-12(14)8-16-13(11)7-9/h4-5,7-8,10,15H,3,6H2,1-2H3/t10-/m0/s1. The van der Waals surface area contributed by atoms with Crippen molar-refractivity contribution in [1.29, 1.82) is 0 Å². The smallest absolute Gasteiger partial charge is 0.169 e. The summed E-state index contributed by atoms with van der Waals surface area (Å²) in [5, 5.41) is 3.81. The fraction of sp³-hybridized carbons (Fsp3) is 0.385. The monoisotopic (exact) mass is 221 g/mol. The Hall–Kier alpha value is -1.35. The molecule has 2 nitrogen and oxygen atoms in total. The number of halogens is 1. The SMILES string of the molecule is CC[C@@H](Cc1ccc2c(F)coc2c1)NC. The molecular formula is C13H16FNO. The molecule has 0 saturated heterocycles. The van der Waals surface area contributed by atoms with Gasteiger partial charge in [0, 0.05) is 6.04 Å². The lowest BCUT2D eigenvalue weighted by Crippen LogP contribution is -2.26. The maximum absolute atomic E-state index is 13.2. The van der Waals surface area contributed by atoms with E-state index in [4.69, 9.17) is 4.42 Å². The summed E-state index contributed by atoms with van der Waals surface area (Å²) in [5.41, 5.74) is 1.80. The summed E-state index contributed by atoms with van der Waals surface area (Å²) < 4.78 is 18.3. The average molecular weight is 221 g/mol. The van der Waals surface area contributed by atoms with E-state index >= 15 is 0 Å². The third-order valence-electron chi connectivity index (χ3n) is 2.98. The second-order valence-electron chi connectivity index (χ2n) is 4.01. The van der Waals surface area contributed by atoms with Crippen molar-refractivity contribution in [3.63, 3.8) is 0 Å². The van der Waals surface area contributed by atoms with Crippen LogP contribution in [0.3, 0.4) is 0 Å². The quantitative estimate of drug-likeness (QED) is 0.858. The number of furan rings is 1. The van der Waals surface area contributed by atoms with E-state index in [-0.39, 0.29) is 5.82 Å². The molecule has 0 aliphatic carbocycles. The van der Waals surface area contributed by atoms with Crippen LogP contribution < -0.4 is 5.32 Å². The van der Waals surface area contributed by atoms with Gasteiger partial charge in [-0.2, -0.15) is 0 Å². The summed E-state index contributed by atoms with van der Waals surface area (Å²) >= 11 is 0. The first-order valence-electron chi connectivity index (χ1n) is 5.57. The maximum Gasteiger partial charge on any atom is 0.169 e. The first-order chi connectivity index (χ1) is 7.74. The second-order valence-corrected chi connectivity index (χ2v) is 4.01. The molecule has 86 valence electrons. The highest BCUT2D eigenvalue weighted by molar-refractivity contribution is 5.78. The minimum absolute atomic E-state index is 0.290. The molecule has 0 bridgehead atoms. The van der Waals surface area contributed by atoms with Crippen LogP contribution in [0.25, 0.3) is 11.0 Å². The lowest BCUT2D eigenvalue weighted by atomic mass is 10.0. The van der Waals surface area contributed by atoms with E-state index in [0.29, 0.717) is 17.0 Å². The first kappa shape index (κ1) is 11.1. The molecule has 0 amide bonds. The van der Waals surface area contributed by atoms with Crippen LogP contribution in [-0.4, -0.2) is 13.1 Å². The minimum atomic E-state index is -0.290. The van der Waals surface area contributed by atoms with Gasteiger partial charge < -0.3 is 9.73 Å². The Morgan fingerprint density at radius 3 is 2.94 bits per heavy atom. The molecule has 1 heterocycles. The summed E-state index contributed by atoms with van der Waals surface area (Å²) in [6, 6.07) is 6.11. The summed E-state index contributed by atoms with van der Waals surface area (Å²) in [6.07, 6.45) is 3.16. The first-order valence-corrected chi connectivity index (χ1v) is 5.57. The van der Waals surface area contributed by atoms with Crippen LogP contribution in [0.15, 0.2) is 28.9 Å². The predicted octanol–water partition coefficient (Wildman–Crippen LogP) is 3.11. The van der Waals surface area contributed by atoms with E-state index in [1.807, 2.05) is 19.2 Å². The Balaban J connectivity index is 2.25. The van der Waals surface area contributed by atoms with E-state index in [1.54, 1.807) is 6.07 Å². The topological polar surface area (TPSA) is 25.2 Å². The van der Waals surface area contributed by atoms with Gasteiger partial charge in [0.25, 0.3) is 0 Å². The van der Waals surface area contributed by atoms with Gasteiger partial charge in [0.1, 0.15) is 11.8 Å². The van der Waals surface area contributed by atoms with E-state index in [9.17, 15) is 4.39 Å². The molecule has 0 saturated carbocycles. The van der Waals surface area contributed by atoms with Crippen LogP contribution in [0.2, 0.25) is 0 Å². The molecule has 1 atom stereocenters. The van der Waals surface area contributed by atoms with Crippen molar-refractivity contribution in [1.82, 2.24) is 5.32 Å². The van der Waals surface area contributed by atoms with E-state index in [2.05, 4.69) is 12.2 Å². The van der Waals surface area contributed by atoms with Gasteiger partial charge in [0.05, 0.1) is 5.39 Å². The predicted molar refractivity (Wildman–Crippen MR) is 63.0 cm³/mol. The van der Waals surface area contributed by atoms with Crippen molar-refractivity contribution in [2.75, 3.05) is 7.05 Å². The van der Waals surface area contributed by atoms with Crippen molar-refractivity contribution in [3.05, 3.63) is 35.8 Å². The number of fused-ring (bicyclic) bond motifs is 1.